The van der Waals surface area contributed by atoms with Crippen molar-refractivity contribution in [1.29, 1.82) is 0 Å². The second-order valence-corrected chi connectivity index (χ2v) is 14.8. The molecule has 0 aliphatic carbocycles. The van der Waals surface area contributed by atoms with Gasteiger partial charge in [0.1, 0.15) is 11.2 Å². The molecule has 0 fully saturated rings. The largest absolute Gasteiger partial charge is 0.455 e. The molecular formula is C50H31NOS. The molecule has 0 N–H and O–H groups in total. The molecule has 0 atom stereocenters. The molecule has 9 aromatic carbocycles. The van der Waals surface area contributed by atoms with E-state index in [4.69, 9.17) is 4.42 Å². The zero-order valence-corrected chi connectivity index (χ0v) is 29.5. The lowest BCUT2D eigenvalue weighted by molar-refractivity contribution is 0.677. The van der Waals surface area contributed by atoms with Crippen molar-refractivity contribution in [2.45, 2.75) is 0 Å². The summed E-state index contributed by atoms with van der Waals surface area (Å²) in [6.45, 7) is 0. The average molecular weight is 694 g/mol. The maximum Gasteiger partial charge on any atom is 0.144 e. The van der Waals surface area contributed by atoms with Gasteiger partial charge in [-0.3, -0.25) is 0 Å². The Bertz CT molecular complexity index is 3150. The zero-order valence-electron chi connectivity index (χ0n) is 28.7. The number of rotatable bonds is 5. The molecule has 2 nitrogen and oxygen atoms in total. The van der Waals surface area contributed by atoms with Gasteiger partial charge in [-0.15, -0.1) is 11.3 Å². The van der Waals surface area contributed by atoms with Crippen LogP contribution in [0.4, 0.5) is 17.1 Å². The van der Waals surface area contributed by atoms with Gasteiger partial charge in [-0.2, -0.15) is 0 Å². The second-order valence-electron chi connectivity index (χ2n) is 13.7. The van der Waals surface area contributed by atoms with Crippen molar-refractivity contribution in [2.75, 3.05) is 4.90 Å². The molecule has 0 unspecified atom stereocenters. The van der Waals surface area contributed by atoms with Gasteiger partial charge in [-0.05, 0) is 99.1 Å². The minimum absolute atomic E-state index is 0.951. The predicted octanol–water partition coefficient (Wildman–Crippen LogP) is 15.1. The van der Waals surface area contributed by atoms with Crippen molar-refractivity contribution in [3.63, 3.8) is 0 Å². The van der Waals surface area contributed by atoms with Gasteiger partial charge in [0.05, 0.1) is 0 Å². The average Bonchev–Trinajstić information content (AvgIpc) is 3.80. The van der Waals surface area contributed by atoms with E-state index in [0.29, 0.717) is 0 Å². The highest BCUT2D eigenvalue weighted by Crippen LogP contribution is 2.46. The van der Waals surface area contributed by atoms with Crippen molar-refractivity contribution < 1.29 is 4.42 Å². The number of hydrogen-bond donors (Lipinski definition) is 0. The van der Waals surface area contributed by atoms with Crippen molar-refractivity contribution in [3.8, 4) is 22.3 Å². The predicted molar refractivity (Wildman–Crippen MR) is 227 cm³/mol. The van der Waals surface area contributed by atoms with E-state index >= 15 is 0 Å². The number of fused-ring (bicyclic) bond motifs is 10. The zero-order chi connectivity index (χ0) is 34.9. The third kappa shape index (κ3) is 4.86. The standard InChI is InChI=1S/C50H31NOS/c1-2-9-32(10-3-1)33-17-22-37(23-18-33)51(38-24-19-36(20-25-38)41-16-8-13-34-11-4-6-14-40(34)41)39-26-29-46-45(31-39)48-47(53-46)30-28-44-43-27-21-35-12-5-7-15-42(35)49(43)52-50(44)48/h1-31H. The van der Waals surface area contributed by atoms with Gasteiger partial charge in [0.2, 0.25) is 0 Å². The lowest BCUT2D eigenvalue weighted by Gasteiger charge is -2.26. The monoisotopic (exact) mass is 693 g/mol. The lowest BCUT2D eigenvalue weighted by Crippen LogP contribution is -2.09. The molecule has 0 aliphatic rings. The molecule has 0 radical (unpaired) electrons. The van der Waals surface area contributed by atoms with Crippen LogP contribution in [0.2, 0.25) is 0 Å². The van der Waals surface area contributed by atoms with Crippen LogP contribution in [-0.4, -0.2) is 0 Å². The number of benzene rings is 9. The molecule has 2 aromatic heterocycles. The topological polar surface area (TPSA) is 16.4 Å². The maximum absolute atomic E-state index is 6.85. The molecule has 53 heavy (non-hydrogen) atoms. The van der Waals surface area contributed by atoms with Crippen molar-refractivity contribution >= 4 is 92.1 Å². The van der Waals surface area contributed by atoms with E-state index in [2.05, 4.69) is 193 Å². The molecular weight excluding hydrogens is 663 g/mol. The molecule has 0 spiro atoms. The van der Waals surface area contributed by atoms with Crippen LogP contribution < -0.4 is 4.90 Å². The Morgan fingerprint density at radius 2 is 0.943 bits per heavy atom. The first kappa shape index (κ1) is 30.0. The molecule has 0 saturated heterocycles. The molecule has 3 heteroatoms. The summed E-state index contributed by atoms with van der Waals surface area (Å²) in [4.78, 5) is 2.37. The molecule has 0 amide bonds. The third-order valence-electron chi connectivity index (χ3n) is 10.7. The van der Waals surface area contributed by atoms with Crippen molar-refractivity contribution in [3.05, 3.63) is 188 Å². The van der Waals surface area contributed by atoms with Gasteiger partial charge in [-0.1, -0.05) is 127 Å². The number of nitrogens with zero attached hydrogens (tertiary/aromatic N) is 1. The first-order valence-corrected chi connectivity index (χ1v) is 18.8. The van der Waals surface area contributed by atoms with E-state index in [9.17, 15) is 0 Å². The summed E-state index contributed by atoms with van der Waals surface area (Å²) in [5.74, 6) is 0. The van der Waals surface area contributed by atoms with Gasteiger partial charge >= 0.3 is 0 Å². The second kappa shape index (κ2) is 11.9. The Morgan fingerprint density at radius 3 is 1.74 bits per heavy atom. The number of furan rings is 1. The van der Waals surface area contributed by atoms with Crippen LogP contribution in [0.5, 0.6) is 0 Å². The van der Waals surface area contributed by atoms with E-state index < -0.39 is 0 Å². The number of hydrogen-bond acceptors (Lipinski definition) is 3. The highest BCUT2D eigenvalue weighted by atomic mass is 32.1. The van der Waals surface area contributed by atoms with Crippen LogP contribution in [0.25, 0.3) is 85.9 Å². The normalized spacial score (nSPS) is 11.8. The summed E-state index contributed by atoms with van der Waals surface area (Å²) in [7, 11) is 0. The molecule has 2 heterocycles. The summed E-state index contributed by atoms with van der Waals surface area (Å²) in [5, 5.41) is 9.53. The molecule has 0 bridgehead atoms. The summed E-state index contributed by atoms with van der Waals surface area (Å²) >= 11 is 1.82. The minimum atomic E-state index is 0.951. The van der Waals surface area contributed by atoms with Crippen LogP contribution in [0.3, 0.4) is 0 Å². The van der Waals surface area contributed by atoms with E-state index in [1.165, 1.54) is 58.6 Å². The molecule has 0 aliphatic heterocycles. The smallest absolute Gasteiger partial charge is 0.144 e. The van der Waals surface area contributed by atoms with E-state index in [1.807, 2.05) is 11.3 Å². The first-order valence-electron chi connectivity index (χ1n) is 18.0. The van der Waals surface area contributed by atoms with Gasteiger partial charge in [0.25, 0.3) is 0 Å². The molecule has 11 rings (SSSR count). The van der Waals surface area contributed by atoms with Gasteiger partial charge in [0, 0.05) is 53.4 Å². The Labute approximate surface area is 310 Å². The highest BCUT2D eigenvalue weighted by molar-refractivity contribution is 7.26. The summed E-state index contributed by atoms with van der Waals surface area (Å²) in [5.41, 5.74) is 10.0. The van der Waals surface area contributed by atoms with Crippen molar-refractivity contribution in [1.82, 2.24) is 0 Å². The van der Waals surface area contributed by atoms with E-state index in [-0.39, 0.29) is 0 Å². The Hall–Kier alpha value is -6.68. The summed E-state index contributed by atoms with van der Waals surface area (Å²) in [6, 6.07) is 67.9. The summed E-state index contributed by atoms with van der Waals surface area (Å²) in [6.07, 6.45) is 0. The third-order valence-corrected chi connectivity index (χ3v) is 11.8. The van der Waals surface area contributed by atoms with E-state index in [0.717, 1.165) is 44.4 Å². The first-order chi connectivity index (χ1) is 26.3. The maximum atomic E-state index is 6.85. The van der Waals surface area contributed by atoms with Crippen molar-refractivity contribution in [2.24, 2.45) is 0 Å². The quantitative estimate of drug-likeness (QED) is 0.178. The van der Waals surface area contributed by atoms with Gasteiger partial charge in [-0.25, -0.2) is 0 Å². The number of thiophene rings is 1. The Morgan fingerprint density at radius 1 is 0.358 bits per heavy atom. The Kier molecular flexibility index (Phi) is 6.76. The Balaban J connectivity index is 1.09. The van der Waals surface area contributed by atoms with Crippen LogP contribution >= 0.6 is 11.3 Å². The SMILES string of the molecule is c1ccc(-c2ccc(N(c3ccc(-c4cccc5ccccc45)cc3)c3ccc4sc5ccc6c7ccc8ccccc8c7oc6c5c4c3)cc2)cc1. The minimum Gasteiger partial charge on any atom is -0.455 e. The molecule has 248 valence electrons. The molecule has 0 saturated carbocycles. The number of anilines is 3. The van der Waals surface area contributed by atoms with Gasteiger partial charge in [0.15, 0.2) is 0 Å². The van der Waals surface area contributed by atoms with E-state index in [1.54, 1.807) is 0 Å². The van der Waals surface area contributed by atoms with Crippen LogP contribution in [0.15, 0.2) is 192 Å². The van der Waals surface area contributed by atoms with Gasteiger partial charge < -0.3 is 9.32 Å². The fourth-order valence-corrected chi connectivity index (χ4v) is 9.18. The lowest BCUT2D eigenvalue weighted by atomic mass is 9.98. The van der Waals surface area contributed by atoms with Crippen LogP contribution in [0.1, 0.15) is 0 Å². The fraction of sp³-hybridized carbons (Fsp3) is 0. The molecule has 11 aromatic rings. The summed E-state index contributed by atoms with van der Waals surface area (Å²) < 4.78 is 9.32. The fourth-order valence-electron chi connectivity index (χ4n) is 8.10. The van der Waals surface area contributed by atoms with Crippen LogP contribution in [0, 0.1) is 0 Å². The highest BCUT2D eigenvalue weighted by Gasteiger charge is 2.19. The van der Waals surface area contributed by atoms with Crippen LogP contribution in [-0.2, 0) is 0 Å².